The van der Waals surface area contributed by atoms with Crippen molar-refractivity contribution in [3.8, 4) is 0 Å². The van der Waals surface area contributed by atoms with Crippen molar-refractivity contribution in [1.29, 1.82) is 0 Å². The Morgan fingerprint density at radius 2 is 1.46 bits per heavy atom. The average molecular weight is 368 g/mol. The van der Waals surface area contributed by atoms with Crippen LogP contribution in [0.15, 0.2) is 90.0 Å². The Kier molecular flexibility index (Phi) is 5.62. The largest absolute Gasteiger partial charge is 0.273 e. The van der Waals surface area contributed by atoms with Crippen molar-refractivity contribution >= 4 is 11.6 Å². The van der Waals surface area contributed by atoms with Gasteiger partial charge in [-0.25, -0.2) is 5.43 Å². The molecule has 0 bridgehead atoms. The number of amides is 1. The van der Waals surface area contributed by atoms with Crippen LogP contribution in [-0.4, -0.2) is 11.6 Å². The minimum Gasteiger partial charge on any atom is -0.273 e. The van der Waals surface area contributed by atoms with E-state index >= 15 is 0 Å². The molecule has 3 aromatic carbocycles. The van der Waals surface area contributed by atoms with Crippen molar-refractivity contribution in [2.45, 2.75) is 31.6 Å². The minimum absolute atomic E-state index is 0.0361. The molecule has 0 spiro atoms. The second-order valence-electron chi connectivity index (χ2n) is 7.22. The Labute approximate surface area is 166 Å². The van der Waals surface area contributed by atoms with E-state index in [4.69, 9.17) is 0 Å². The van der Waals surface area contributed by atoms with E-state index in [1.807, 2.05) is 60.7 Å². The average Bonchev–Trinajstić information content (AvgIpc) is 2.76. The molecule has 0 radical (unpaired) electrons. The molecule has 0 aliphatic heterocycles. The van der Waals surface area contributed by atoms with Crippen LogP contribution in [0.3, 0.4) is 0 Å². The summed E-state index contributed by atoms with van der Waals surface area (Å²) >= 11 is 0. The molecule has 0 aromatic heterocycles. The van der Waals surface area contributed by atoms with E-state index < -0.39 is 0 Å². The zero-order valence-corrected chi connectivity index (χ0v) is 15.8. The zero-order chi connectivity index (χ0) is 19.2. The standard InChI is InChI=1S/C25H24N2O/c28-24(18-22-16-9-15-19-10-7-8-17-23(19)22)26-27-25(20-11-3-1-4-12-20)21-13-5-2-6-14-21/h1-8,10-14,17,22H,9,15-16,18H2,(H,26,28). The molecule has 0 saturated heterocycles. The van der Waals surface area contributed by atoms with E-state index in [-0.39, 0.29) is 11.8 Å². The van der Waals surface area contributed by atoms with Gasteiger partial charge in [-0.3, -0.25) is 4.79 Å². The zero-order valence-electron chi connectivity index (χ0n) is 15.8. The maximum absolute atomic E-state index is 12.7. The summed E-state index contributed by atoms with van der Waals surface area (Å²) in [6.07, 6.45) is 3.77. The third kappa shape index (κ3) is 4.20. The van der Waals surface area contributed by atoms with Crippen LogP contribution in [0.5, 0.6) is 0 Å². The molecule has 3 heteroatoms. The highest BCUT2D eigenvalue weighted by Crippen LogP contribution is 2.33. The SMILES string of the molecule is O=C(CC1CCCc2ccccc21)NN=C(c1ccccc1)c1ccccc1. The smallest absolute Gasteiger partial charge is 0.240 e. The molecule has 0 heterocycles. The van der Waals surface area contributed by atoms with Gasteiger partial charge in [0.05, 0.1) is 5.71 Å². The highest BCUT2D eigenvalue weighted by molar-refractivity contribution is 6.13. The molecule has 4 rings (SSSR count). The van der Waals surface area contributed by atoms with Crippen molar-refractivity contribution in [2.75, 3.05) is 0 Å². The van der Waals surface area contributed by atoms with Crippen molar-refractivity contribution in [2.24, 2.45) is 5.10 Å². The summed E-state index contributed by atoms with van der Waals surface area (Å²) < 4.78 is 0. The van der Waals surface area contributed by atoms with E-state index in [1.165, 1.54) is 11.1 Å². The van der Waals surface area contributed by atoms with Gasteiger partial charge in [0.15, 0.2) is 0 Å². The molecule has 1 N–H and O–H groups in total. The number of hydrogen-bond donors (Lipinski definition) is 1. The summed E-state index contributed by atoms with van der Waals surface area (Å²) in [4.78, 5) is 12.7. The number of rotatable bonds is 5. The predicted octanol–water partition coefficient (Wildman–Crippen LogP) is 5.07. The van der Waals surface area contributed by atoms with E-state index in [1.54, 1.807) is 0 Å². The van der Waals surface area contributed by atoms with Gasteiger partial charge in [-0.2, -0.15) is 5.10 Å². The first-order valence-electron chi connectivity index (χ1n) is 9.86. The van der Waals surface area contributed by atoms with Crippen LogP contribution >= 0.6 is 0 Å². The van der Waals surface area contributed by atoms with Crippen LogP contribution in [0.2, 0.25) is 0 Å². The van der Waals surface area contributed by atoms with Gasteiger partial charge in [-0.1, -0.05) is 84.9 Å². The van der Waals surface area contributed by atoms with Gasteiger partial charge in [0.1, 0.15) is 0 Å². The highest BCUT2D eigenvalue weighted by Gasteiger charge is 2.22. The molecule has 0 saturated carbocycles. The quantitative estimate of drug-likeness (QED) is 0.496. The van der Waals surface area contributed by atoms with E-state index in [2.05, 4.69) is 34.8 Å². The number of benzene rings is 3. The number of carbonyl (C=O) groups excluding carboxylic acids is 1. The fraction of sp³-hybridized carbons (Fsp3) is 0.200. The first kappa shape index (κ1) is 18.2. The normalized spacial score (nSPS) is 15.4. The molecule has 1 unspecified atom stereocenters. The molecule has 1 aliphatic rings. The summed E-state index contributed by atoms with van der Waals surface area (Å²) in [5, 5.41) is 4.50. The second-order valence-corrected chi connectivity index (χ2v) is 7.22. The van der Waals surface area contributed by atoms with Crippen molar-refractivity contribution < 1.29 is 4.79 Å². The number of nitrogens with one attached hydrogen (secondary N) is 1. The lowest BCUT2D eigenvalue weighted by Crippen LogP contribution is -2.24. The third-order valence-corrected chi connectivity index (χ3v) is 5.31. The van der Waals surface area contributed by atoms with Crippen LogP contribution < -0.4 is 5.43 Å². The molecular weight excluding hydrogens is 344 g/mol. The summed E-state index contributed by atoms with van der Waals surface area (Å²) in [5.74, 6) is 0.239. The Morgan fingerprint density at radius 1 is 0.857 bits per heavy atom. The lowest BCUT2D eigenvalue weighted by molar-refractivity contribution is -0.121. The second kappa shape index (κ2) is 8.66. The Morgan fingerprint density at radius 3 is 2.14 bits per heavy atom. The van der Waals surface area contributed by atoms with Crippen LogP contribution in [0.4, 0.5) is 0 Å². The number of carbonyl (C=O) groups is 1. The first-order valence-corrected chi connectivity index (χ1v) is 9.86. The van der Waals surface area contributed by atoms with Crippen LogP contribution in [0, 0.1) is 0 Å². The fourth-order valence-corrected chi connectivity index (χ4v) is 3.94. The minimum atomic E-state index is -0.0361. The van der Waals surface area contributed by atoms with Gasteiger partial charge in [0.25, 0.3) is 0 Å². The number of fused-ring (bicyclic) bond motifs is 1. The van der Waals surface area contributed by atoms with Crippen molar-refractivity contribution in [3.63, 3.8) is 0 Å². The van der Waals surface area contributed by atoms with Crippen LogP contribution in [0.25, 0.3) is 0 Å². The molecule has 3 nitrogen and oxygen atoms in total. The lowest BCUT2D eigenvalue weighted by atomic mass is 9.81. The van der Waals surface area contributed by atoms with Gasteiger partial charge in [0.2, 0.25) is 5.91 Å². The number of nitrogens with zero attached hydrogens (tertiary/aromatic N) is 1. The summed E-state index contributed by atoms with van der Waals surface area (Å²) in [6.45, 7) is 0. The van der Waals surface area contributed by atoms with Crippen LogP contribution in [-0.2, 0) is 11.2 Å². The van der Waals surface area contributed by atoms with Gasteiger partial charge in [-0.15, -0.1) is 0 Å². The molecule has 3 aromatic rings. The molecule has 28 heavy (non-hydrogen) atoms. The van der Waals surface area contributed by atoms with Gasteiger partial charge in [-0.05, 0) is 36.3 Å². The number of hydrazone groups is 1. The monoisotopic (exact) mass is 368 g/mol. The van der Waals surface area contributed by atoms with Gasteiger partial charge in [0, 0.05) is 17.5 Å². The van der Waals surface area contributed by atoms with Crippen molar-refractivity contribution in [1.82, 2.24) is 5.43 Å². The molecule has 1 atom stereocenters. The van der Waals surface area contributed by atoms with Gasteiger partial charge >= 0.3 is 0 Å². The summed E-state index contributed by atoms with van der Waals surface area (Å²) in [7, 11) is 0. The maximum Gasteiger partial charge on any atom is 0.240 e. The fourth-order valence-electron chi connectivity index (χ4n) is 3.94. The highest BCUT2D eigenvalue weighted by atomic mass is 16.2. The summed E-state index contributed by atoms with van der Waals surface area (Å²) in [5.41, 5.74) is 8.25. The van der Waals surface area contributed by atoms with E-state index in [9.17, 15) is 4.79 Å². The Balaban J connectivity index is 1.52. The van der Waals surface area contributed by atoms with E-state index in [0.29, 0.717) is 6.42 Å². The summed E-state index contributed by atoms with van der Waals surface area (Å²) in [6, 6.07) is 28.4. The maximum atomic E-state index is 12.7. The topological polar surface area (TPSA) is 41.5 Å². The molecule has 140 valence electrons. The third-order valence-electron chi connectivity index (χ3n) is 5.31. The molecular formula is C25H24N2O. The van der Waals surface area contributed by atoms with Gasteiger partial charge < -0.3 is 0 Å². The predicted molar refractivity (Wildman–Crippen MR) is 113 cm³/mol. The molecule has 0 fully saturated rings. The van der Waals surface area contributed by atoms with Crippen LogP contribution in [0.1, 0.15) is 47.4 Å². The number of hydrogen-bond acceptors (Lipinski definition) is 2. The first-order chi connectivity index (χ1) is 13.8. The Hall–Kier alpha value is -3.20. The Bertz CT molecular complexity index is 923. The van der Waals surface area contributed by atoms with Crippen molar-refractivity contribution in [3.05, 3.63) is 107 Å². The lowest BCUT2D eigenvalue weighted by Gasteiger charge is -2.24. The number of aryl methyl sites for hydroxylation is 1. The molecule has 1 amide bonds. The molecule has 1 aliphatic carbocycles. The van der Waals surface area contributed by atoms with E-state index in [0.717, 1.165) is 36.1 Å².